The molecule has 2 atom stereocenters. The van der Waals surface area contributed by atoms with Gasteiger partial charge in [-0.1, -0.05) is 139 Å². The quantitative estimate of drug-likeness (QED) is 0.0284. The predicted octanol–water partition coefficient (Wildman–Crippen LogP) is 8.91. The molecule has 0 aromatic rings. The summed E-state index contributed by atoms with van der Waals surface area (Å²) in [7, 11) is 5.37. The largest absolute Gasteiger partial charge is 0.544 e. The molecule has 0 aliphatic rings. The SMILES string of the molecule is CC/C=C/C/C=C/C/C=C/C/C=C/C/C=C/CCC(=O)OC(COCCC(C(=O)[O-])[N+](C)(C)C)COC(=O)CCCCCCCCCCCCC. The number of carboxylic acids is 1. The van der Waals surface area contributed by atoms with Crippen LogP contribution < -0.4 is 5.11 Å². The van der Waals surface area contributed by atoms with E-state index in [1.165, 1.54) is 51.4 Å². The fraction of sp³-hybridized carbons (Fsp3) is 0.698. The molecule has 292 valence electrons. The van der Waals surface area contributed by atoms with Crippen LogP contribution in [0.1, 0.15) is 142 Å². The van der Waals surface area contributed by atoms with Crippen LogP contribution in [-0.4, -0.2) is 75.5 Å². The molecule has 0 heterocycles. The second kappa shape index (κ2) is 34.1. The van der Waals surface area contributed by atoms with Crippen LogP contribution in [0.5, 0.6) is 0 Å². The summed E-state index contributed by atoms with van der Waals surface area (Å²) in [5, 5.41) is 11.6. The highest BCUT2D eigenvalue weighted by Crippen LogP contribution is 2.13. The number of unbranched alkanes of at least 4 members (excludes halogenated alkanes) is 10. The van der Waals surface area contributed by atoms with Crippen molar-refractivity contribution >= 4 is 17.9 Å². The highest BCUT2D eigenvalue weighted by atomic mass is 16.6. The lowest BCUT2D eigenvalue weighted by molar-refractivity contribution is -0.889. The number of allylic oxidation sites excluding steroid dienone is 10. The van der Waals surface area contributed by atoms with E-state index < -0.39 is 24.1 Å². The van der Waals surface area contributed by atoms with E-state index in [2.05, 4.69) is 62.5 Å². The van der Waals surface area contributed by atoms with Gasteiger partial charge in [-0.05, 0) is 44.9 Å². The van der Waals surface area contributed by atoms with Crippen molar-refractivity contribution in [2.75, 3.05) is 41.0 Å². The molecule has 8 nitrogen and oxygen atoms in total. The Balaban J connectivity index is 4.54. The molecule has 8 heteroatoms. The lowest BCUT2D eigenvalue weighted by atomic mass is 10.1. The highest BCUT2D eigenvalue weighted by Gasteiger charge is 2.25. The maximum absolute atomic E-state index is 12.6. The zero-order valence-electron chi connectivity index (χ0n) is 33.0. The zero-order chi connectivity index (χ0) is 37.8. The molecule has 0 saturated heterocycles. The van der Waals surface area contributed by atoms with Crippen LogP contribution >= 0.6 is 0 Å². The number of likely N-dealkylation sites (N-methyl/N-ethyl adjacent to an activating group) is 1. The van der Waals surface area contributed by atoms with Crippen molar-refractivity contribution in [1.29, 1.82) is 0 Å². The van der Waals surface area contributed by atoms with Gasteiger partial charge < -0.3 is 28.6 Å². The molecule has 0 saturated carbocycles. The van der Waals surface area contributed by atoms with E-state index in [1.807, 2.05) is 12.2 Å². The molecule has 0 amide bonds. The van der Waals surface area contributed by atoms with Crippen molar-refractivity contribution in [3.05, 3.63) is 60.8 Å². The summed E-state index contributed by atoms with van der Waals surface area (Å²) in [4.78, 5) is 36.6. The van der Waals surface area contributed by atoms with E-state index in [4.69, 9.17) is 14.2 Å². The summed E-state index contributed by atoms with van der Waals surface area (Å²) >= 11 is 0. The number of quaternary nitrogens is 1. The first-order valence-electron chi connectivity index (χ1n) is 19.8. The molecular formula is C43H73NO7. The van der Waals surface area contributed by atoms with Crippen LogP contribution in [0.4, 0.5) is 0 Å². The molecule has 0 spiro atoms. The van der Waals surface area contributed by atoms with Gasteiger partial charge in [-0.3, -0.25) is 9.59 Å². The van der Waals surface area contributed by atoms with E-state index in [1.54, 1.807) is 21.1 Å². The van der Waals surface area contributed by atoms with Gasteiger partial charge in [0.15, 0.2) is 6.10 Å². The topological polar surface area (TPSA) is 102 Å². The number of rotatable bonds is 34. The van der Waals surface area contributed by atoms with Crippen LogP contribution in [0.15, 0.2) is 60.8 Å². The molecule has 2 unspecified atom stereocenters. The third kappa shape index (κ3) is 32.7. The number of hydrogen-bond donors (Lipinski definition) is 0. The number of carbonyl (C=O) groups excluding carboxylic acids is 3. The summed E-state index contributed by atoms with van der Waals surface area (Å²) in [6.45, 7) is 4.44. The van der Waals surface area contributed by atoms with E-state index >= 15 is 0 Å². The van der Waals surface area contributed by atoms with E-state index in [-0.39, 0.29) is 43.1 Å². The standard InChI is InChI=1S/C43H73NO7/c1-6-8-10-12-14-16-18-19-20-21-22-24-26-28-30-32-34-42(46)51-39(37-49-36-35-40(43(47)48)44(3,4)5)38-50-41(45)33-31-29-27-25-23-17-15-13-11-9-7-2/h8,10,14,16,19-20,22,24,28,30,39-40H,6-7,9,11-13,15,17-18,21,23,25-27,29,31-38H2,1-5H3/b10-8+,16-14+,20-19+,24-22+,30-28+. The molecule has 0 aliphatic carbocycles. The lowest BCUT2D eigenvalue weighted by Crippen LogP contribution is -2.55. The van der Waals surface area contributed by atoms with Gasteiger partial charge in [-0.2, -0.15) is 0 Å². The third-order valence-corrected chi connectivity index (χ3v) is 8.43. The molecule has 51 heavy (non-hydrogen) atoms. The summed E-state index contributed by atoms with van der Waals surface area (Å²) < 4.78 is 17.0. The van der Waals surface area contributed by atoms with Crippen molar-refractivity contribution in [2.45, 2.75) is 154 Å². The first-order valence-corrected chi connectivity index (χ1v) is 19.8. The van der Waals surface area contributed by atoms with Gasteiger partial charge in [-0.15, -0.1) is 0 Å². The molecule has 0 radical (unpaired) electrons. The number of hydrogen-bond acceptors (Lipinski definition) is 7. The van der Waals surface area contributed by atoms with Gasteiger partial charge in [-0.25, -0.2) is 0 Å². The first kappa shape index (κ1) is 48.0. The van der Waals surface area contributed by atoms with Gasteiger partial charge in [0.1, 0.15) is 12.6 Å². The van der Waals surface area contributed by atoms with E-state index in [9.17, 15) is 19.5 Å². The summed E-state index contributed by atoms with van der Waals surface area (Å²) in [5.41, 5.74) is 0. The van der Waals surface area contributed by atoms with E-state index in [0.717, 1.165) is 51.4 Å². The summed E-state index contributed by atoms with van der Waals surface area (Å²) in [6, 6.07) is -0.738. The minimum Gasteiger partial charge on any atom is -0.544 e. The average molecular weight is 716 g/mol. The number of carboxylic acid groups (broad SMARTS) is 1. The Bertz CT molecular complexity index is 1020. The van der Waals surface area contributed by atoms with Crippen molar-refractivity contribution < 1.29 is 38.2 Å². The Labute approximate surface area is 311 Å². The second-order valence-corrected chi connectivity index (χ2v) is 14.1. The molecule has 0 bridgehead atoms. The number of nitrogens with zero attached hydrogens (tertiary/aromatic N) is 1. The number of ether oxygens (including phenoxy) is 3. The smallest absolute Gasteiger partial charge is 0.306 e. The molecule has 0 N–H and O–H groups in total. The van der Waals surface area contributed by atoms with Crippen LogP contribution in [0.25, 0.3) is 0 Å². The lowest BCUT2D eigenvalue weighted by Gasteiger charge is -2.34. The van der Waals surface area contributed by atoms with Crippen molar-refractivity contribution in [3.8, 4) is 0 Å². The zero-order valence-corrected chi connectivity index (χ0v) is 33.0. The molecular weight excluding hydrogens is 642 g/mol. The Morgan fingerprint density at radius 3 is 1.59 bits per heavy atom. The van der Waals surface area contributed by atoms with Crippen molar-refractivity contribution in [3.63, 3.8) is 0 Å². The van der Waals surface area contributed by atoms with E-state index in [0.29, 0.717) is 12.8 Å². The monoisotopic (exact) mass is 716 g/mol. The Kier molecular flexibility index (Phi) is 32.1. The summed E-state index contributed by atoms with van der Waals surface area (Å²) in [5.74, 6) is -1.85. The number of aliphatic carboxylic acids is 1. The van der Waals surface area contributed by atoms with Gasteiger partial charge >= 0.3 is 11.9 Å². The Hall–Kier alpha value is -2.97. The molecule has 0 aromatic heterocycles. The predicted molar refractivity (Wildman–Crippen MR) is 208 cm³/mol. The normalized spacial score (nSPS) is 13.7. The number of carbonyl (C=O) groups is 3. The third-order valence-electron chi connectivity index (χ3n) is 8.43. The maximum atomic E-state index is 12.6. The average Bonchev–Trinajstić information content (AvgIpc) is 3.08. The van der Waals surface area contributed by atoms with Gasteiger partial charge in [0.05, 0.1) is 40.3 Å². The van der Waals surface area contributed by atoms with Gasteiger partial charge in [0.2, 0.25) is 0 Å². The highest BCUT2D eigenvalue weighted by molar-refractivity contribution is 5.70. The van der Waals surface area contributed by atoms with Crippen LogP contribution in [0.2, 0.25) is 0 Å². The minimum absolute atomic E-state index is 0.00997. The fourth-order valence-corrected chi connectivity index (χ4v) is 5.35. The second-order valence-electron chi connectivity index (χ2n) is 14.1. The van der Waals surface area contributed by atoms with Crippen molar-refractivity contribution in [1.82, 2.24) is 0 Å². The Morgan fingerprint density at radius 2 is 1.10 bits per heavy atom. The molecule has 0 rings (SSSR count). The van der Waals surface area contributed by atoms with Gasteiger partial charge in [0.25, 0.3) is 0 Å². The van der Waals surface area contributed by atoms with Crippen molar-refractivity contribution in [2.24, 2.45) is 0 Å². The van der Waals surface area contributed by atoms with Crippen LogP contribution in [0.3, 0.4) is 0 Å². The van der Waals surface area contributed by atoms with Crippen LogP contribution in [-0.2, 0) is 28.6 Å². The molecule has 0 fully saturated rings. The van der Waals surface area contributed by atoms with Crippen LogP contribution in [0, 0.1) is 0 Å². The fourth-order valence-electron chi connectivity index (χ4n) is 5.35. The van der Waals surface area contributed by atoms with Gasteiger partial charge in [0, 0.05) is 19.3 Å². The summed E-state index contributed by atoms with van der Waals surface area (Å²) in [6.07, 6.45) is 39.7. The minimum atomic E-state index is -1.14. The Morgan fingerprint density at radius 1 is 0.608 bits per heavy atom. The molecule has 0 aromatic carbocycles. The number of esters is 2. The first-order chi connectivity index (χ1) is 24.6. The molecule has 0 aliphatic heterocycles. The maximum Gasteiger partial charge on any atom is 0.306 e.